The van der Waals surface area contributed by atoms with Gasteiger partial charge in [-0.15, -0.1) is 0 Å². The van der Waals surface area contributed by atoms with Crippen molar-refractivity contribution in [2.75, 3.05) is 49.3 Å². The molecule has 3 aromatic heterocycles. The van der Waals surface area contributed by atoms with Crippen LogP contribution in [0.15, 0.2) is 36.5 Å². The second-order valence-corrected chi connectivity index (χ2v) is 11.7. The lowest BCUT2D eigenvalue weighted by atomic mass is 9.90. The predicted octanol–water partition coefficient (Wildman–Crippen LogP) is 4.57. The number of hydrogen-bond acceptors (Lipinski definition) is 11. The molecule has 252 valence electrons. The molecular formula is C29H28ClF5N6O6. The molecule has 0 aromatic carbocycles. The molecule has 6 rings (SSSR count). The first-order chi connectivity index (χ1) is 22.3. The van der Waals surface area contributed by atoms with Gasteiger partial charge in [-0.05, 0) is 19.1 Å². The van der Waals surface area contributed by atoms with Crippen molar-refractivity contribution in [3.05, 3.63) is 47.4 Å². The number of carboxylic acid groups (broad SMARTS) is 1. The Labute approximate surface area is 269 Å². The first-order valence-electron chi connectivity index (χ1n) is 14.5. The molecule has 1 spiro atoms. The number of hydrogen-bond donors (Lipinski definition) is 1. The third-order valence-electron chi connectivity index (χ3n) is 8.17. The fraction of sp³-hybridized carbons (Fsp3) is 0.483. The standard InChI is InChI=1S/C29H28ClF5N6O6/c1-15-28(12-44-13-28)46-6-5-40(15)20-7-16(30)10-36-26(20)47-17-8-21(27(42)43)41(11-17)22-9-19(38-25(39-22)24(31)32)18-3-2-4-23(37-18)45-14-29(33,34)35/h2-4,7,9-10,15,17,21,24H,5-6,8,11-14H2,1H3,(H,42,43)/t15-,17-,21-/m0/s1. The number of carbonyl (C=O) groups is 1. The molecule has 0 aliphatic carbocycles. The van der Waals surface area contributed by atoms with Gasteiger partial charge in [0.2, 0.25) is 11.8 Å². The Morgan fingerprint density at radius 1 is 1.17 bits per heavy atom. The number of pyridine rings is 2. The summed E-state index contributed by atoms with van der Waals surface area (Å²) in [5.41, 5.74) is -0.179. The van der Waals surface area contributed by atoms with Crippen LogP contribution in [0.25, 0.3) is 11.4 Å². The molecule has 6 heterocycles. The highest BCUT2D eigenvalue weighted by Gasteiger charge is 2.50. The molecule has 0 radical (unpaired) electrons. The molecule has 0 unspecified atom stereocenters. The van der Waals surface area contributed by atoms with E-state index in [1.807, 2.05) is 11.8 Å². The van der Waals surface area contributed by atoms with Crippen LogP contribution in [0.3, 0.4) is 0 Å². The summed E-state index contributed by atoms with van der Waals surface area (Å²) >= 11 is 6.32. The maximum Gasteiger partial charge on any atom is 0.422 e. The fourth-order valence-electron chi connectivity index (χ4n) is 5.77. The van der Waals surface area contributed by atoms with Gasteiger partial charge in [0.1, 0.15) is 29.3 Å². The quantitative estimate of drug-likeness (QED) is 0.316. The smallest absolute Gasteiger partial charge is 0.422 e. The summed E-state index contributed by atoms with van der Waals surface area (Å²) in [4.78, 5) is 31.8. The summed E-state index contributed by atoms with van der Waals surface area (Å²) in [6.45, 7) is 2.07. The number of aliphatic carboxylic acids is 1. The topological polar surface area (TPSA) is 132 Å². The Balaban J connectivity index is 1.28. The SMILES string of the molecule is C[C@@H]1N(c2cc(Cl)cnc2O[C@H]2C[C@@H](C(=O)O)N(c3cc(-c4cccc(OCC(F)(F)F)n4)nc(C(F)F)n3)C2)CCOC12COC2. The third kappa shape index (κ3) is 6.96. The average Bonchev–Trinajstić information content (AvgIpc) is 3.44. The second-order valence-electron chi connectivity index (χ2n) is 11.3. The molecule has 18 heteroatoms. The Hall–Kier alpha value is -4.09. The number of morpholine rings is 1. The first kappa shape index (κ1) is 32.8. The van der Waals surface area contributed by atoms with Crippen LogP contribution in [0.5, 0.6) is 11.8 Å². The highest BCUT2D eigenvalue weighted by atomic mass is 35.5. The van der Waals surface area contributed by atoms with Gasteiger partial charge >= 0.3 is 12.1 Å². The maximum atomic E-state index is 14.0. The lowest BCUT2D eigenvalue weighted by Gasteiger charge is -2.53. The summed E-state index contributed by atoms with van der Waals surface area (Å²) in [6, 6.07) is 5.40. The molecule has 3 aliphatic rings. The number of aromatic nitrogens is 4. The van der Waals surface area contributed by atoms with Gasteiger partial charge < -0.3 is 33.9 Å². The zero-order chi connectivity index (χ0) is 33.5. The Bertz CT molecular complexity index is 1630. The van der Waals surface area contributed by atoms with Crippen molar-refractivity contribution in [1.82, 2.24) is 19.9 Å². The van der Waals surface area contributed by atoms with Crippen LogP contribution in [0.2, 0.25) is 5.02 Å². The molecule has 3 aromatic rings. The van der Waals surface area contributed by atoms with Gasteiger partial charge in [-0.2, -0.15) is 13.2 Å². The van der Waals surface area contributed by atoms with Crippen molar-refractivity contribution in [2.24, 2.45) is 0 Å². The van der Waals surface area contributed by atoms with E-state index in [0.717, 1.165) is 0 Å². The minimum absolute atomic E-state index is 0.0577. The molecule has 3 atom stereocenters. The van der Waals surface area contributed by atoms with Crippen LogP contribution in [0, 0.1) is 0 Å². The summed E-state index contributed by atoms with van der Waals surface area (Å²) in [6.07, 6.45) is -7.21. The summed E-state index contributed by atoms with van der Waals surface area (Å²) in [7, 11) is 0. The maximum absolute atomic E-state index is 14.0. The van der Waals surface area contributed by atoms with E-state index in [-0.39, 0.29) is 42.1 Å². The van der Waals surface area contributed by atoms with E-state index >= 15 is 0 Å². The van der Waals surface area contributed by atoms with Crippen molar-refractivity contribution in [3.8, 4) is 23.1 Å². The van der Waals surface area contributed by atoms with Gasteiger partial charge in [-0.1, -0.05) is 17.7 Å². The van der Waals surface area contributed by atoms with Crippen molar-refractivity contribution in [2.45, 2.75) is 49.7 Å². The van der Waals surface area contributed by atoms with Gasteiger partial charge in [0.25, 0.3) is 6.43 Å². The van der Waals surface area contributed by atoms with Gasteiger partial charge in [0, 0.05) is 31.3 Å². The van der Waals surface area contributed by atoms with Gasteiger partial charge in [-0.25, -0.2) is 33.5 Å². The molecule has 3 fully saturated rings. The van der Waals surface area contributed by atoms with E-state index in [1.165, 1.54) is 35.4 Å². The number of anilines is 2. The van der Waals surface area contributed by atoms with Crippen LogP contribution < -0.4 is 19.3 Å². The van der Waals surface area contributed by atoms with Gasteiger partial charge in [0.05, 0.1) is 48.8 Å². The summed E-state index contributed by atoms with van der Waals surface area (Å²) in [5, 5.41) is 10.5. The zero-order valence-corrected chi connectivity index (χ0v) is 25.4. The molecule has 0 saturated carbocycles. The number of halogens is 6. The van der Waals surface area contributed by atoms with Crippen LogP contribution in [0.1, 0.15) is 25.6 Å². The molecular weight excluding hydrogens is 659 g/mol. The second kappa shape index (κ2) is 12.8. The zero-order valence-electron chi connectivity index (χ0n) is 24.7. The van der Waals surface area contributed by atoms with E-state index in [0.29, 0.717) is 37.1 Å². The third-order valence-corrected chi connectivity index (χ3v) is 8.37. The van der Waals surface area contributed by atoms with Crippen molar-refractivity contribution >= 4 is 29.1 Å². The van der Waals surface area contributed by atoms with E-state index in [9.17, 15) is 31.9 Å². The Kier molecular flexibility index (Phi) is 8.97. The monoisotopic (exact) mass is 686 g/mol. The predicted molar refractivity (Wildman–Crippen MR) is 155 cm³/mol. The van der Waals surface area contributed by atoms with Crippen LogP contribution >= 0.6 is 11.6 Å². The van der Waals surface area contributed by atoms with Crippen molar-refractivity contribution in [3.63, 3.8) is 0 Å². The molecule has 0 bridgehead atoms. The van der Waals surface area contributed by atoms with E-state index < -0.39 is 54.6 Å². The Morgan fingerprint density at radius 3 is 2.64 bits per heavy atom. The molecule has 47 heavy (non-hydrogen) atoms. The van der Waals surface area contributed by atoms with Crippen LogP contribution in [0.4, 0.5) is 33.5 Å². The van der Waals surface area contributed by atoms with Crippen LogP contribution in [-0.4, -0.2) is 100 Å². The number of alkyl halides is 5. The van der Waals surface area contributed by atoms with Gasteiger partial charge in [-0.3, -0.25) is 0 Å². The summed E-state index contributed by atoms with van der Waals surface area (Å²) in [5.74, 6) is -2.55. The molecule has 3 aliphatic heterocycles. The minimum atomic E-state index is -4.63. The van der Waals surface area contributed by atoms with E-state index in [1.54, 1.807) is 6.07 Å². The van der Waals surface area contributed by atoms with Gasteiger partial charge in [0.15, 0.2) is 12.4 Å². The summed E-state index contributed by atoms with van der Waals surface area (Å²) < 4.78 is 88.3. The lowest BCUT2D eigenvalue weighted by Crippen LogP contribution is -2.68. The molecule has 1 N–H and O–H groups in total. The number of ether oxygens (including phenoxy) is 4. The average molecular weight is 687 g/mol. The van der Waals surface area contributed by atoms with Crippen molar-refractivity contribution < 1.29 is 50.8 Å². The number of nitrogens with zero attached hydrogens (tertiary/aromatic N) is 6. The number of rotatable bonds is 9. The lowest BCUT2D eigenvalue weighted by molar-refractivity contribution is -0.228. The van der Waals surface area contributed by atoms with E-state index in [2.05, 4.69) is 24.7 Å². The molecule has 0 amide bonds. The minimum Gasteiger partial charge on any atom is -0.480 e. The van der Waals surface area contributed by atoms with E-state index in [4.69, 9.17) is 25.8 Å². The first-order valence-corrected chi connectivity index (χ1v) is 14.8. The molecule has 12 nitrogen and oxygen atoms in total. The van der Waals surface area contributed by atoms with Crippen molar-refractivity contribution in [1.29, 1.82) is 0 Å². The highest BCUT2D eigenvalue weighted by Crippen LogP contribution is 2.40. The van der Waals surface area contributed by atoms with Crippen LogP contribution in [-0.2, 0) is 14.3 Å². The molecule has 3 saturated heterocycles. The highest BCUT2D eigenvalue weighted by molar-refractivity contribution is 6.30. The largest absolute Gasteiger partial charge is 0.480 e. The number of carboxylic acids is 1. The Morgan fingerprint density at radius 2 is 1.96 bits per heavy atom. The normalized spacial score (nSPS) is 22.4. The fourth-order valence-corrected chi connectivity index (χ4v) is 5.92.